The number of aromatic amines is 1. The molecule has 1 aromatic carbocycles. The number of hydrogen-bond donors (Lipinski definition) is 3. The van der Waals surface area contributed by atoms with E-state index in [1.807, 2.05) is 24.3 Å². The van der Waals surface area contributed by atoms with Crippen molar-refractivity contribution in [3.05, 3.63) is 42.4 Å². The van der Waals surface area contributed by atoms with Gasteiger partial charge in [-0.05, 0) is 12.1 Å². The van der Waals surface area contributed by atoms with Crippen LogP contribution in [0.25, 0.3) is 10.8 Å². The smallest absolute Gasteiger partial charge is 0.173 e. The van der Waals surface area contributed by atoms with Crippen molar-refractivity contribution >= 4 is 28.0 Å². The zero-order chi connectivity index (χ0) is 13.9. The largest absolute Gasteiger partial charge is 0.380 e. The first-order valence-corrected chi connectivity index (χ1v) is 6.07. The van der Waals surface area contributed by atoms with Crippen LogP contribution in [0.15, 0.2) is 46.9 Å². The molecule has 0 unspecified atom stereocenters. The second-order valence-corrected chi connectivity index (χ2v) is 4.21. The van der Waals surface area contributed by atoms with Gasteiger partial charge in [0.2, 0.25) is 0 Å². The van der Waals surface area contributed by atoms with Crippen molar-refractivity contribution in [3.8, 4) is 0 Å². The van der Waals surface area contributed by atoms with E-state index in [2.05, 4.69) is 25.4 Å². The lowest BCUT2D eigenvalue weighted by atomic mass is 10.1. The van der Waals surface area contributed by atoms with Gasteiger partial charge in [0.15, 0.2) is 11.5 Å². The Bertz CT molecular complexity index is 770. The normalized spacial score (nSPS) is 11.4. The van der Waals surface area contributed by atoms with Gasteiger partial charge in [-0.3, -0.25) is 10.1 Å². The molecule has 20 heavy (non-hydrogen) atoms. The van der Waals surface area contributed by atoms with Gasteiger partial charge in [-0.15, -0.1) is 10.2 Å². The molecule has 0 saturated carbocycles. The Balaban J connectivity index is 2.05. The molecular formula is C13H13N7. The number of anilines is 1. The molecule has 5 N–H and O–H groups in total. The van der Waals surface area contributed by atoms with Crippen molar-refractivity contribution in [2.45, 2.75) is 6.54 Å². The van der Waals surface area contributed by atoms with E-state index in [1.54, 1.807) is 12.4 Å². The number of azo groups is 1. The highest BCUT2D eigenvalue weighted by Gasteiger charge is 2.08. The molecule has 0 atom stereocenters. The topological polar surface area (TPSA) is 118 Å². The van der Waals surface area contributed by atoms with Crippen LogP contribution in [0.1, 0.15) is 5.69 Å². The third-order valence-electron chi connectivity index (χ3n) is 2.96. The van der Waals surface area contributed by atoms with E-state index < -0.39 is 0 Å². The fourth-order valence-corrected chi connectivity index (χ4v) is 1.94. The summed E-state index contributed by atoms with van der Waals surface area (Å²) >= 11 is 0. The molecule has 0 aliphatic rings. The molecule has 100 valence electrons. The first kappa shape index (κ1) is 12.2. The summed E-state index contributed by atoms with van der Waals surface area (Å²) in [5, 5.41) is 17.0. The second kappa shape index (κ2) is 5.06. The Kier molecular flexibility index (Phi) is 3.10. The molecule has 0 spiro atoms. The van der Waals surface area contributed by atoms with Gasteiger partial charge in [0.25, 0.3) is 0 Å². The number of pyridine rings is 1. The van der Waals surface area contributed by atoms with Crippen LogP contribution < -0.4 is 11.5 Å². The lowest BCUT2D eigenvalue weighted by Crippen LogP contribution is -1.96. The number of H-pyrrole nitrogens is 1. The highest BCUT2D eigenvalue weighted by molar-refractivity contribution is 5.91. The number of nitrogens with zero attached hydrogens (tertiary/aromatic N) is 4. The molecule has 7 heteroatoms. The third-order valence-corrected chi connectivity index (χ3v) is 2.96. The van der Waals surface area contributed by atoms with Crippen LogP contribution in [-0.4, -0.2) is 15.2 Å². The maximum atomic E-state index is 5.73. The number of nitrogens with two attached hydrogens (primary N) is 2. The summed E-state index contributed by atoms with van der Waals surface area (Å²) in [7, 11) is 0. The Labute approximate surface area is 114 Å². The Morgan fingerprint density at radius 3 is 2.95 bits per heavy atom. The molecule has 3 aromatic rings. The molecule has 3 rings (SSSR count). The quantitative estimate of drug-likeness (QED) is 0.631. The summed E-state index contributed by atoms with van der Waals surface area (Å²) in [4.78, 5) is 4.08. The SMILES string of the molecule is NCc1[nH]nc(N)c1N=Nc1cccc2cnccc12. The van der Waals surface area contributed by atoms with Gasteiger partial charge in [-0.1, -0.05) is 12.1 Å². The predicted octanol–water partition coefficient (Wildman–Crippen LogP) is 2.41. The zero-order valence-corrected chi connectivity index (χ0v) is 10.6. The molecule has 0 saturated heterocycles. The summed E-state index contributed by atoms with van der Waals surface area (Å²) in [5.41, 5.74) is 13.2. The molecule has 7 nitrogen and oxygen atoms in total. The molecule has 0 aliphatic carbocycles. The van der Waals surface area contributed by atoms with Crippen molar-refractivity contribution in [1.82, 2.24) is 15.2 Å². The number of fused-ring (bicyclic) bond motifs is 1. The summed E-state index contributed by atoms with van der Waals surface area (Å²) < 4.78 is 0. The molecule has 0 radical (unpaired) electrons. The number of benzene rings is 1. The number of nitrogens with one attached hydrogen (secondary N) is 1. The summed E-state index contributed by atoms with van der Waals surface area (Å²) in [6.45, 7) is 0.276. The number of hydrogen-bond acceptors (Lipinski definition) is 6. The van der Waals surface area contributed by atoms with Crippen molar-refractivity contribution < 1.29 is 0 Å². The van der Waals surface area contributed by atoms with E-state index in [0.717, 1.165) is 16.5 Å². The number of aromatic nitrogens is 3. The van der Waals surface area contributed by atoms with E-state index in [0.29, 0.717) is 11.4 Å². The standard InChI is InChI=1S/C13H13N7/c14-6-11-12(13(15)20-18-11)19-17-10-3-1-2-8-7-16-5-4-9(8)10/h1-5,7H,6,14H2,(H3,15,18,20). The highest BCUT2D eigenvalue weighted by Crippen LogP contribution is 2.29. The summed E-state index contributed by atoms with van der Waals surface area (Å²) in [6, 6.07) is 7.65. The zero-order valence-electron chi connectivity index (χ0n) is 10.6. The van der Waals surface area contributed by atoms with Crippen molar-refractivity contribution in [2.75, 3.05) is 5.73 Å². The van der Waals surface area contributed by atoms with Crippen LogP contribution in [0.5, 0.6) is 0 Å². The first-order valence-electron chi connectivity index (χ1n) is 6.07. The number of rotatable bonds is 3. The predicted molar refractivity (Wildman–Crippen MR) is 76.8 cm³/mol. The second-order valence-electron chi connectivity index (χ2n) is 4.21. The fourth-order valence-electron chi connectivity index (χ4n) is 1.94. The molecule has 2 aromatic heterocycles. The lowest BCUT2D eigenvalue weighted by Gasteiger charge is -2.00. The van der Waals surface area contributed by atoms with Crippen molar-refractivity contribution in [3.63, 3.8) is 0 Å². The van der Waals surface area contributed by atoms with Crippen LogP contribution in [-0.2, 0) is 6.54 Å². The molecule has 2 heterocycles. The van der Waals surface area contributed by atoms with E-state index in [1.165, 1.54) is 0 Å². The Hall–Kier alpha value is -2.80. The van der Waals surface area contributed by atoms with E-state index in [-0.39, 0.29) is 12.4 Å². The van der Waals surface area contributed by atoms with Gasteiger partial charge in [0.05, 0.1) is 11.4 Å². The fraction of sp³-hybridized carbons (Fsp3) is 0.0769. The van der Waals surface area contributed by atoms with Crippen molar-refractivity contribution in [1.29, 1.82) is 0 Å². The van der Waals surface area contributed by atoms with E-state index >= 15 is 0 Å². The Morgan fingerprint density at radius 1 is 1.20 bits per heavy atom. The van der Waals surface area contributed by atoms with Crippen LogP contribution in [0.4, 0.5) is 17.2 Å². The highest BCUT2D eigenvalue weighted by atomic mass is 15.2. The average molecular weight is 267 g/mol. The lowest BCUT2D eigenvalue weighted by molar-refractivity contribution is 0.946. The van der Waals surface area contributed by atoms with E-state index in [4.69, 9.17) is 11.5 Å². The summed E-state index contributed by atoms with van der Waals surface area (Å²) in [5.74, 6) is 0.288. The van der Waals surface area contributed by atoms with Gasteiger partial charge >= 0.3 is 0 Å². The van der Waals surface area contributed by atoms with Crippen molar-refractivity contribution in [2.24, 2.45) is 16.0 Å². The molecule has 0 amide bonds. The maximum Gasteiger partial charge on any atom is 0.173 e. The maximum absolute atomic E-state index is 5.73. The first-order chi connectivity index (χ1) is 9.79. The molecule has 0 aliphatic heterocycles. The van der Waals surface area contributed by atoms with Crippen LogP contribution in [0.3, 0.4) is 0 Å². The van der Waals surface area contributed by atoms with Gasteiger partial charge in [-0.2, -0.15) is 5.10 Å². The minimum absolute atomic E-state index is 0.276. The van der Waals surface area contributed by atoms with Crippen LogP contribution >= 0.6 is 0 Å². The van der Waals surface area contributed by atoms with Gasteiger partial charge < -0.3 is 11.5 Å². The summed E-state index contributed by atoms with van der Waals surface area (Å²) in [6.07, 6.45) is 3.50. The minimum atomic E-state index is 0.276. The molecule has 0 fully saturated rings. The van der Waals surface area contributed by atoms with Crippen LogP contribution in [0.2, 0.25) is 0 Å². The average Bonchev–Trinajstić information content (AvgIpc) is 2.85. The van der Waals surface area contributed by atoms with Gasteiger partial charge in [0.1, 0.15) is 0 Å². The molecule has 0 bridgehead atoms. The van der Waals surface area contributed by atoms with Gasteiger partial charge in [-0.25, -0.2) is 0 Å². The monoisotopic (exact) mass is 267 g/mol. The molecular weight excluding hydrogens is 254 g/mol. The van der Waals surface area contributed by atoms with Crippen LogP contribution in [0, 0.1) is 0 Å². The minimum Gasteiger partial charge on any atom is -0.380 e. The third kappa shape index (κ3) is 2.10. The van der Waals surface area contributed by atoms with Gasteiger partial charge in [0, 0.05) is 29.7 Å². The Morgan fingerprint density at radius 2 is 2.10 bits per heavy atom. The number of nitrogen functional groups attached to an aromatic ring is 1. The van der Waals surface area contributed by atoms with E-state index in [9.17, 15) is 0 Å².